The van der Waals surface area contributed by atoms with E-state index < -0.39 is 0 Å². The Bertz CT molecular complexity index is 1090. The molecule has 0 saturated carbocycles. The van der Waals surface area contributed by atoms with Gasteiger partial charge >= 0.3 is 0 Å². The maximum atomic E-state index is 6.26. The summed E-state index contributed by atoms with van der Waals surface area (Å²) in [5.74, 6) is 0.631. The van der Waals surface area contributed by atoms with Crippen LogP contribution in [0.1, 0.15) is 16.8 Å². The van der Waals surface area contributed by atoms with Crippen molar-refractivity contribution >= 4 is 22.9 Å². The van der Waals surface area contributed by atoms with E-state index in [0.29, 0.717) is 17.5 Å². The van der Waals surface area contributed by atoms with Gasteiger partial charge in [-0.15, -0.1) is 0 Å². The SMILES string of the molecule is Cc1nn(-c2ccccc2)c(OCc2ccccc2)c1C(=S)Nc1ccccc1. The third-order valence-electron chi connectivity index (χ3n) is 4.50. The lowest BCUT2D eigenvalue weighted by Gasteiger charge is -2.13. The summed E-state index contributed by atoms with van der Waals surface area (Å²) in [6.45, 7) is 2.38. The van der Waals surface area contributed by atoms with Crippen molar-refractivity contribution in [3.05, 3.63) is 108 Å². The molecule has 3 aromatic carbocycles. The minimum Gasteiger partial charge on any atom is -0.472 e. The van der Waals surface area contributed by atoms with Crippen LogP contribution in [0.25, 0.3) is 5.69 Å². The number of para-hydroxylation sites is 2. The first-order valence-electron chi connectivity index (χ1n) is 9.40. The Kier molecular flexibility index (Phi) is 5.68. The second-order valence-electron chi connectivity index (χ2n) is 6.61. The van der Waals surface area contributed by atoms with Gasteiger partial charge in [0.05, 0.1) is 16.9 Å². The first-order chi connectivity index (χ1) is 14.2. The topological polar surface area (TPSA) is 39.1 Å². The third kappa shape index (κ3) is 4.36. The van der Waals surface area contributed by atoms with E-state index in [1.54, 1.807) is 0 Å². The predicted molar refractivity (Wildman–Crippen MR) is 121 cm³/mol. The van der Waals surface area contributed by atoms with Crippen molar-refractivity contribution in [3.8, 4) is 11.6 Å². The van der Waals surface area contributed by atoms with Crippen molar-refractivity contribution in [3.63, 3.8) is 0 Å². The van der Waals surface area contributed by atoms with Gasteiger partial charge in [0.2, 0.25) is 5.88 Å². The molecule has 144 valence electrons. The van der Waals surface area contributed by atoms with E-state index in [1.807, 2.05) is 103 Å². The van der Waals surface area contributed by atoms with Gasteiger partial charge in [-0.2, -0.15) is 5.10 Å². The average molecular weight is 400 g/mol. The lowest BCUT2D eigenvalue weighted by atomic mass is 10.2. The molecule has 0 bridgehead atoms. The largest absolute Gasteiger partial charge is 0.472 e. The number of nitrogens with one attached hydrogen (secondary N) is 1. The Labute approximate surface area is 175 Å². The van der Waals surface area contributed by atoms with Crippen molar-refractivity contribution in [2.75, 3.05) is 5.32 Å². The van der Waals surface area contributed by atoms with Gasteiger partial charge in [-0.05, 0) is 36.8 Å². The van der Waals surface area contributed by atoms with Gasteiger partial charge in [0.1, 0.15) is 11.6 Å². The Hall–Kier alpha value is -3.44. The molecule has 1 N–H and O–H groups in total. The van der Waals surface area contributed by atoms with E-state index in [1.165, 1.54) is 0 Å². The molecule has 0 saturated heterocycles. The molecule has 0 aliphatic heterocycles. The number of benzene rings is 3. The molecule has 0 radical (unpaired) electrons. The summed E-state index contributed by atoms with van der Waals surface area (Å²) in [7, 11) is 0. The molecule has 1 aromatic heterocycles. The summed E-state index contributed by atoms with van der Waals surface area (Å²) in [4.78, 5) is 0.582. The fourth-order valence-electron chi connectivity index (χ4n) is 3.09. The summed E-state index contributed by atoms with van der Waals surface area (Å²) in [6.07, 6.45) is 0. The molecule has 4 aromatic rings. The Balaban J connectivity index is 1.71. The summed E-state index contributed by atoms with van der Waals surface area (Å²) in [5.41, 5.74) is 4.54. The summed E-state index contributed by atoms with van der Waals surface area (Å²) >= 11 is 5.73. The van der Waals surface area contributed by atoms with Crippen LogP contribution in [0.5, 0.6) is 5.88 Å². The van der Waals surface area contributed by atoms with Crippen LogP contribution in [-0.4, -0.2) is 14.8 Å². The number of anilines is 1. The van der Waals surface area contributed by atoms with E-state index in [-0.39, 0.29) is 0 Å². The lowest BCUT2D eigenvalue weighted by molar-refractivity contribution is 0.284. The van der Waals surface area contributed by atoms with E-state index in [4.69, 9.17) is 22.1 Å². The predicted octanol–water partition coefficient (Wildman–Crippen LogP) is 5.55. The normalized spacial score (nSPS) is 10.5. The molecule has 1 heterocycles. The first kappa shape index (κ1) is 18.9. The van der Waals surface area contributed by atoms with Crippen molar-refractivity contribution in [1.29, 1.82) is 0 Å². The van der Waals surface area contributed by atoms with Crippen molar-refractivity contribution in [2.45, 2.75) is 13.5 Å². The standard InChI is InChI=1S/C24H21N3OS/c1-18-22(23(29)25-20-13-7-3-8-14-20)24(28-17-19-11-5-2-6-12-19)27(26-18)21-15-9-4-10-16-21/h2-16H,17H2,1H3,(H,25,29). The minimum absolute atomic E-state index is 0.430. The van der Waals surface area contributed by atoms with Crippen molar-refractivity contribution in [2.24, 2.45) is 0 Å². The average Bonchev–Trinajstić information content (AvgIpc) is 3.10. The second-order valence-corrected chi connectivity index (χ2v) is 7.02. The third-order valence-corrected chi connectivity index (χ3v) is 4.80. The minimum atomic E-state index is 0.430. The highest BCUT2D eigenvalue weighted by Gasteiger charge is 2.22. The zero-order valence-electron chi connectivity index (χ0n) is 16.1. The van der Waals surface area contributed by atoms with Gasteiger partial charge in [0.25, 0.3) is 0 Å². The molecular formula is C24H21N3OS. The molecule has 0 spiro atoms. The molecule has 0 aliphatic carbocycles. The van der Waals surface area contributed by atoms with Crippen LogP contribution in [0.3, 0.4) is 0 Å². The van der Waals surface area contributed by atoms with Gasteiger partial charge in [-0.25, -0.2) is 4.68 Å². The number of hydrogen-bond donors (Lipinski definition) is 1. The maximum absolute atomic E-state index is 6.26. The summed E-state index contributed by atoms with van der Waals surface area (Å²) < 4.78 is 8.07. The monoisotopic (exact) mass is 399 g/mol. The first-order valence-corrected chi connectivity index (χ1v) is 9.81. The van der Waals surface area contributed by atoms with Gasteiger partial charge in [-0.1, -0.05) is 78.9 Å². The fraction of sp³-hybridized carbons (Fsp3) is 0.0833. The van der Waals surface area contributed by atoms with Crippen molar-refractivity contribution in [1.82, 2.24) is 9.78 Å². The maximum Gasteiger partial charge on any atom is 0.227 e. The highest BCUT2D eigenvalue weighted by atomic mass is 32.1. The van der Waals surface area contributed by atoms with E-state index >= 15 is 0 Å². The molecule has 4 rings (SSSR count). The Morgan fingerprint density at radius 2 is 1.48 bits per heavy atom. The lowest BCUT2D eigenvalue weighted by Crippen LogP contribution is -2.13. The smallest absolute Gasteiger partial charge is 0.227 e. The highest BCUT2D eigenvalue weighted by molar-refractivity contribution is 7.81. The molecule has 0 atom stereocenters. The zero-order chi connectivity index (χ0) is 20.1. The second kappa shape index (κ2) is 8.71. The number of aromatic nitrogens is 2. The zero-order valence-corrected chi connectivity index (χ0v) is 16.9. The molecule has 0 aliphatic rings. The number of ether oxygens (including phenoxy) is 1. The van der Waals surface area contributed by atoms with Crippen LogP contribution in [0, 0.1) is 6.92 Å². The molecule has 4 nitrogen and oxygen atoms in total. The summed E-state index contributed by atoms with van der Waals surface area (Å²) in [6, 6.07) is 29.9. The Morgan fingerprint density at radius 3 is 2.14 bits per heavy atom. The number of aryl methyl sites for hydroxylation is 1. The molecular weight excluding hydrogens is 378 g/mol. The quantitative estimate of drug-likeness (QED) is 0.432. The molecule has 0 unspecified atom stereocenters. The van der Waals surface area contributed by atoms with E-state index in [0.717, 1.165) is 28.2 Å². The van der Waals surface area contributed by atoms with Crippen LogP contribution in [0.2, 0.25) is 0 Å². The van der Waals surface area contributed by atoms with Gasteiger partial charge in [0, 0.05) is 5.69 Å². The van der Waals surface area contributed by atoms with E-state index in [9.17, 15) is 0 Å². The Morgan fingerprint density at radius 1 is 0.897 bits per heavy atom. The van der Waals surface area contributed by atoms with Gasteiger partial charge in [-0.3, -0.25) is 0 Å². The van der Waals surface area contributed by atoms with Crippen molar-refractivity contribution < 1.29 is 4.74 Å². The number of nitrogens with zero attached hydrogens (tertiary/aromatic N) is 2. The molecule has 5 heteroatoms. The fourth-order valence-corrected chi connectivity index (χ4v) is 3.44. The number of hydrogen-bond acceptors (Lipinski definition) is 3. The molecule has 29 heavy (non-hydrogen) atoms. The number of thiocarbonyl (C=S) groups is 1. The molecule has 0 fully saturated rings. The van der Waals surface area contributed by atoms with Crippen LogP contribution >= 0.6 is 12.2 Å². The van der Waals surface area contributed by atoms with Crippen LogP contribution < -0.4 is 10.1 Å². The van der Waals surface area contributed by atoms with E-state index in [2.05, 4.69) is 5.32 Å². The van der Waals surface area contributed by atoms with Gasteiger partial charge < -0.3 is 10.1 Å². The summed E-state index contributed by atoms with van der Waals surface area (Å²) in [5, 5.41) is 8.02. The highest BCUT2D eigenvalue weighted by Crippen LogP contribution is 2.28. The van der Waals surface area contributed by atoms with Crippen LogP contribution in [-0.2, 0) is 6.61 Å². The molecule has 0 amide bonds. The van der Waals surface area contributed by atoms with Gasteiger partial charge in [0.15, 0.2) is 0 Å². The number of rotatable bonds is 6. The van der Waals surface area contributed by atoms with Crippen LogP contribution in [0.4, 0.5) is 5.69 Å². The van der Waals surface area contributed by atoms with Crippen LogP contribution in [0.15, 0.2) is 91.0 Å².